The number of rotatable bonds is 21. The zero-order chi connectivity index (χ0) is 25.5. The number of carbonyl (C=O) groups is 2. The summed E-state index contributed by atoms with van der Waals surface area (Å²) in [6.45, 7) is 2.71. The lowest BCUT2D eigenvalue weighted by Gasteiger charge is -2.15. The lowest BCUT2D eigenvalue weighted by molar-refractivity contribution is -0.146. The Bertz CT molecular complexity index is 678. The molecule has 196 valence electrons. The Balaban J connectivity index is 3.69. The number of hydrogen-bond donors (Lipinski definition) is 3. The van der Waals surface area contributed by atoms with Gasteiger partial charge in [-0.15, -0.1) is 0 Å². The largest absolute Gasteiger partial charge is 0.472 e. The van der Waals surface area contributed by atoms with Crippen LogP contribution < -0.4 is 5.32 Å². The van der Waals surface area contributed by atoms with Gasteiger partial charge in [0.15, 0.2) is 0 Å². The lowest BCUT2D eigenvalue weighted by atomic mass is 10.1. The van der Waals surface area contributed by atoms with Crippen LogP contribution in [0.25, 0.3) is 0 Å². The Morgan fingerprint density at radius 1 is 0.941 bits per heavy atom. The Kier molecular flexibility index (Phi) is 20.6. The summed E-state index contributed by atoms with van der Waals surface area (Å²) in [6, 6.07) is 0. The van der Waals surface area contributed by atoms with E-state index in [0.717, 1.165) is 44.9 Å². The molecular weight excluding hydrogens is 461 g/mol. The van der Waals surface area contributed by atoms with Crippen LogP contribution in [0.15, 0.2) is 36.5 Å². The van der Waals surface area contributed by atoms with Gasteiger partial charge >= 0.3 is 13.8 Å². The van der Waals surface area contributed by atoms with Crippen molar-refractivity contribution in [2.45, 2.75) is 77.7 Å². The number of nitrogens with one attached hydrogen (secondary N) is 1. The Hall–Kier alpha value is -1.77. The molecule has 0 rings (SSSR count). The molecule has 34 heavy (non-hydrogen) atoms. The summed E-state index contributed by atoms with van der Waals surface area (Å²) >= 11 is 0. The van der Waals surface area contributed by atoms with E-state index >= 15 is 0 Å². The standard InChI is InChI=1S/C24H42NO8P/c1-3-5-6-7-8-9-10-11-12-13-14-15-16-17-23(27)25-18-19-32-34(29,30)33-21-22(26)20-31-24(28)4-2/h5-6,8-9,11-12,22,26H,3-4,7,10,13-21H2,1-2H3,(H,25,27)(H,29,30)/b6-5-,9-8-,12-11-. The highest BCUT2D eigenvalue weighted by Gasteiger charge is 2.23. The van der Waals surface area contributed by atoms with E-state index in [0.29, 0.717) is 6.42 Å². The van der Waals surface area contributed by atoms with Crippen molar-refractivity contribution in [2.24, 2.45) is 0 Å². The maximum absolute atomic E-state index is 11.8. The van der Waals surface area contributed by atoms with E-state index in [-0.39, 0.29) is 32.1 Å². The molecule has 0 aliphatic carbocycles. The highest BCUT2D eigenvalue weighted by molar-refractivity contribution is 7.47. The van der Waals surface area contributed by atoms with Crippen molar-refractivity contribution in [3.8, 4) is 0 Å². The molecule has 2 atom stereocenters. The number of unbranched alkanes of at least 4 members (excludes halogenated alkanes) is 3. The number of carbonyl (C=O) groups excluding carboxylic acids is 2. The second-order valence-electron chi connectivity index (χ2n) is 7.53. The van der Waals surface area contributed by atoms with Gasteiger partial charge in [-0.2, -0.15) is 0 Å². The Morgan fingerprint density at radius 2 is 1.62 bits per heavy atom. The van der Waals surface area contributed by atoms with Crippen molar-refractivity contribution in [1.82, 2.24) is 5.32 Å². The third-order valence-electron chi connectivity index (χ3n) is 4.39. The lowest BCUT2D eigenvalue weighted by Crippen LogP contribution is -2.27. The van der Waals surface area contributed by atoms with Crippen molar-refractivity contribution >= 4 is 19.7 Å². The second kappa shape index (κ2) is 21.7. The summed E-state index contributed by atoms with van der Waals surface area (Å²) in [6.07, 6.45) is 18.9. The molecule has 0 aromatic heterocycles. The van der Waals surface area contributed by atoms with E-state index < -0.39 is 26.5 Å². The maximum atomic E-state index is 11.8. The minimum atomic E-state index is -4.38. The van der Waals surface area contributed by atoms with Crippen molar-refractivity contribution in [1.29, 1.82) is 0 Å². The van der Waals surface area contributed by atoms with Crippen LogP contribution in [0.2, 0.25) is 0 Å². The third-order valence-corrected chi connectivity index (χ3v) is 5.37. The Morgan fingerprint density at radius 3 is 2.29 bits per heavy atom. The Labute approximate surface area is 203 Å². The van der Waals surface area contributed by atoms with E-state index in [4.69, 9.17) is 9.26 Å². The van der Waals surface area contributed by atoms with Gasteiger partial charge < -0.3 is 20.1 Å². The van der Waals surface area contributed by atoms with Crippen LogP contribution in [0.5, 0.6) is 0 Å². The number of aliphatic hydroxyl groups is 1. The second-order valence-corrected chi connectivity index (χ2v) is 8.98. The summed E-state index contributed by atoms with van der Waals surface area (Å²) in [7, 11) is -4.38. The van der Waals surface area contributed by atoms with Gasteiger partial charge in [-0.05, 0) is 38.5 Å². The first-order chi connectivity index (χ1) is 16.3. The molecule has 0 bridgehead atoms. The molecule has 0 aliphatic rings. The fourth-order valence-corrected chi connectivity index (χ4v) is 3.30. The van der Waals surface area contributed by atoms with E-state index in [1.165, 1.54) is 0 Å². The summed E-state index contributed by atoms with van der Waals surface area (Å²) in [5, 5.41) is 12.2. The molecular formula is C24H42NO8P. The third kappa shape index (κ3) is 22.0. The van der Waals surface area contributed by atoms with Crippen molar-refractivity contribution in [2.75, 3.05) is 26.4 Å². The first-order valence-corrected chi connectivity index (χ1v) is 13.5. The number of esters is 1. The number of ether oxygens (including phenoxy) is 1. The van der Waals surface area contributed by atoms with Crippen molar-refractivity contribution in [3.05, 3.63) is 36.5 Å². The van der Waals surface area contributed by atoms with Gasteiger partial charge in [-0.25, -0.2) is 4.57 Å². The van der Waals surface area contributed by atoms with Crippen molar-refractivity contribution in [3.63, 3.8) is 0 Å². The molecule has 0 heterocycles. The molecule has 0 saturated heterocycles. The molecule has 3 N–H and O–H groups in total. The number of aliphatic hydroxyl groups excluding tert-OH is 1. The van der Waals surface area contributed by atoms with E-state index in [1.807, 2.05) is 0 Å². The molecule has 0 spiro atoms. The van der Waals surface area contributed by atoms with Crippen LogP contribution in [-0.2, 0) is 27.9 Å². The number of amides is 1. The molecule has 1 amide bonds. The minimum Gasteiger partial charge on any atom is -0.463 e. The average molecular weight is 504 g/mol. The van der Waals surface area contributed by atoms with E-state index in [2.05, 4.69) is 53.2 Å². The zero-order valence-electron chi connectivity index (χ0n) is 20.5. The van der Waals surface area contributed by atoms with E-state index in [1.54, 1.807) is 6.92 Å². The number of hydrogen-bond acceptors (Lipinski definition) is 7. The van der Waals surface area contributed by atoms with Gasteiger partial charge in [-0.3, -0.25) is 18.6 Å². The van der Waals surface area contributed by atoms with Crippen LogP contribution in [0, 0.1) is 0 Å². The highest BCUT2D eigenvalue weighted by Crippen LogP contribution is 2.42. The molecule has 0 radical (unpaired) electrons. The fourth-order valence-electron chi connectivity index (χ4n) is 2.55. The smallest absolute Gasteiger partial charge is 0.463 e. The molecule has 0 aliphatic heterocycles. The van der Waals surface area contributed by atoms with Gasteiger partial charge in [0.25, 0.3) is 0 Å². The monoisotopic (exact) mass is 503 g/mol. The molecule has 0 aromatic carbocycles. The van der Waals surface area contributed by atoms with Crippen LogP contribution in [0.4, 0.5) is 0 Å². The van der Waals surface area contributed by atoms with E-state index in [9.17, 15) is 24.2 Å². The topological polar surface area (TPSA) is 131 Å². The quantitative estimate of drug-likeness (QED) is 0.0911. The first kappa shape index (κ1) is 32.2. The fraction of sp³-hybridized carbons (Fsp3) is 0.667. The normalized spacial score (nSPS) is 14.6. The molecule has 2 unspecified atom stereocenters. The van der Waals surface area contributed by atoms with Crippen LogP contribution >= 0.6 is 7.82 Å². The maximum Gasteiger partial charge on any atom is 0.472 e. The van der Waals surface area contributed by atoms with Gasteiger partial charge in [-0.1, -0.05) is 56.7 Å². The zero-order valence-corrected chi connectivity index (χ0v) is 21.4. The van der Waals surface area contributed by atoms with Crippen LogP contribution in [0.3, 0.4) is 0 Å². The predicted molar refractivity (Wildman–Crippen MR) is 132 cm³/mol. The predicted octanol–water partition coefficient (Wildman–Crippen LogP) is 4.36. The summed E-state index contributed by atoms with van der Waals surface area (Å²) in [4.78, 5) is 32.4. The molecule has 0 fully saturated rings. The van der Waals surface area contributed by atoms with Crippen molar-refractivity contribution < 1.29 is 37.9 Å². The highest BCUT2D eigenvalue weighted by atomic mass is 31.2. The number of phosphoric acid groups is 1. The molecule has 0 saturated carbocycles. The first-order valence-electron chi connectivity index (χ1n) is 12.0. The van der Waals surface area contributed by atoms with Crippen LogP contribution in [-0.4, -0.2) is 54.3 Å². The molecule has 9 nitrogen and oxygen atoms in total. The molecule has 10 heteroatoms. The van der Waals surface area contributed by atoms with Gasteiger partial charge in [0.1, 0.15) is 12.7 Å². The number of allylic oxidation sites excluding steroid dienone is 6. The average Bonchev–Trinajstić information content (AvgIpc) is 2.82. The van der Waals surface area contributed by atoms with Crippen LogP contribution in [0.1, 0.15) is 71.6 Å². The van der Waals surface area contributed by atoms with Gasteiger partial charge in [0, 0.05) is 19.4 Å². The number of phosphoric ester groups is 1. The van der Waals surface area contributed by atoms with Gasteiger partial charge in [0.05, 0.1) is 13.2 Å². The summed E-state index contributed by atoms with van der Waals surface area (Å²) < 4.78 is 25.8. The summed E-state index contributed by atoms with van der Waals surface area (Å²) in [5.41, 5.74) is 0. The minimum absolute atomic E-state index is 0.0634. The SMILES string of the molecule is CC/C=C\C/C=C\C/C=C\CCCCCC(=O)NCCOP(=O)(O)OCC(O)COC(=O)CC. The molecule has 0 aromatic rings. The van der Waals surface area contributed by atoms with Gasteiger partial charge in [0.2, 0.25) is 5.91 Å². The summed E-state index contributed by atoms with van der Waals surface area (Å²) in [5.74, 6) is -0.645.